The minimum absolute atomic E-state index is 0.113. The van der Waals surface area contributed by atoms with E-state index in [2.05, 4.69) is 40.7 Å². The number of fused-ring (bicyclic) bond motifs is 3. The Bertz CT molecular complexity index is 943. The van der Waals surface area contributed by atoms with Gasteiger partial charge in [-0.05, 0) is 47.7 Å². The van der Waals surface area contributed by atoms with E-state index in [-0.39, 0.29) is 5.91 Å². The van der Waals surface area contributed by atoms with Gasteiger partial charge in [0.1, 0.15) is 0 Å². The van der Waals surface area contributed by atoms with Gasteiger partial charge in [0.2, 0.25) is 0 Å². The summed E-state index contributed by atoms with van der Waals surface area (Å²) in [5.41, 5.74) is 8.22. The van der Waals surface area contributed by atoms with Crippen molar-refractivity contribution >= 4 is 17.3 Å². The van der Waals surface area contributed by atoms with Crippen LogP contribution in [0.2, 0.25) is 0 Å². The fourth-order valence-electron chi connectivity index (χ4n) is 4.14. The number of pyridine rings is 1. The van der Waals surface area contributed by atoms with Crippen molar-refractivity contribution in [2.75, 3.05) is 10.4 Å². The van der Waals surface area contributed by atoms with Crippen LogP contribution in [0.15, 0.2) is 73.1 Å². The number of carbonyl (C=O) groups excluding carboxylic acids is 1. The first-order valence-corrected chi connectivity index (χ1v) is 8.45. The van der Waals surface area contributed by atoms with Crippen LogP contribution in [0.1, 0.15) is 16.7 Å². The summed E-state index contributed by atoms with van der Waals surface area (Å²) in [6.07, 6.45) is 4.95. The van der Waals surface area contributed by atoms with Gasteiger partial charge in [0.15, 0.2) is 0 Å². The van der Waals surface area contributed by atoms with Gasteiger partial charge in [-0.25, -0.2) is 5.01 Å². The van der Waals surface area contributed by atoms with Gasteiger partial charge in [-0.2, -0.15) is 0 Å². The summed E-state index contributed by atoms with van der Waals surface area (Å²) in [6.45, 7) is 0. The van der Waals surface area contributed by atoms with Gasteiger partial charge in [0.25, 0.3) is 5.91 Å². The third-order valence-electron chi connectivity index (χ3n) is 5.30. The number of amides is 1. The van der Waals surface area contributed by atoms with E-state index in [9.17, 15) is 4.79 Å². The molecule has 1 aliphatic carbocycles. The van der Waals surface area contributed by atoms with Crippen molar-refractivity contribution in [1.29, 1.82) is 0 Å². The molecular weight excluding hydrogens is 310 g/mol. The number of carbonyl (C=O) groups is 1. The number of rotatable bonds is 2. The van der Waals surface area contributed by atoms with Gasteiger partial charge in [-0.1, -0.05) is 42.5 Å². The van der Waals surface area contributed by atoms with E-state index in [1.54, 1.807) is 17.4 Å². The highest BCUT2D eigenvalue weighted by atomic mass is 16.2. The first kappa shape index (κ1) is 14.2. The van der Waals surface area contributed by atoms with Gasteiger partial charge in [-0.15, -0.1) is 0 Å². The molecule has 1 N–H and O–H groups in total. The third kappa shape index (κ3) is 2.00. The van der Waals surface area contributed by atoms with E-state index in [0.29, 0.717) is 0 Å². The summed E-state index contributed by atoms with van der Waals surface area (Å²) >= 11 is 0. The molecule has 2 heterocycles. The Labute approximate surface area is 146 Å². The third-order valence-corrected chi connectivity index (χ3v) is 5.30. The SMILES string of the molecule is O=C1N(Nc2ccncc2)c2ccccc2C12Cc1ccccc1C2. The zero-order chi connectivity index (χ0) is 16.9. The molecule has 3 aromatic rings. The molecule has 0 saturated carbocycles. The Morgan fingerprint density at radius 2 is 1.52 bits per heavy atom. The molecule has 4 nitrogen and oxygen atoms in total. The van der Waals surface area contributed by atoms with Crippen molar-refractivity contribution in [2.45, 2.75) is 18.3 Å². The van der Waals surface area contributed by atoms with Gasteiger partial charge in [0.05, 0.1) is 16.8 Å². The zero-order valence-electron chi connectivity index (χ0n) is 13.6. The topological polar surface area (TPSA) is 45.2 Å². The van der Waals surface area contributed by atoms with Gasteiger partial charge >= 0.3 is 0 Å². The zero-order valence-corrected chi connectivity index (χ0v) is 13.6. The molecule has 5 rings (SSSR count). The second-order valence-corrected chi connectivity index (χ2v) is 6.71. The smallest absolute Gasteiger partial charge is 0.257 e. The molecule has 122 valence electrons. The van der Waals surface area contributed by atoms with Crippen molar-refractivity contribution in [3.05, 3.63) is 89.7 Å². The predicted octanol–water partition coefficient (Wildman–Crippen LogP) is 3.49. The molecule has 0 bridgehead atoms. The molecular formula is C21H17N3O. The van der Waals surface area contributed by atoms with Crippen LogP contribution in [0, 0.1) is 0 Å². The van der Waals surface area contributed by atoms with Crippen LogP contribution in [0.4, 0.5) is 11.4 Å². The minimum Gasteiger partial charge on any atom is -0.291 e. The standard InChI is InChI=1S/C21H17N3O/c25-20-21(13-15-5-1-2-6-16(15)14-21)18-7-3-4-8-19(18)24(20)23-17-9-11-22-12-10-17/h1-12H,13-14H2,(H,22,23). The quantitative estimate of drug-likeness (QED) is 0.784. The Hall–Kier alpha value is -3.14. The number of nitrogens with one attached hydrogen (secondary N) is 1. The molecule has 1 spiro atoms. The number of nitrogens with zero attached hydrogens (tertiary/aromatic N) is 2. The lowest BCUT2D eigenvalue weighted by Gasteiger charge is -2.24. The molecule has 1 amide bonds. The van der Waals surface area contributed by atoms with Crippen LogP contribution in [0.25, 0.3) is 0 Å². The lowest BCUT2D eigenvalue weighted by molar-refractivity contribution is -0.122. The average Bonchev–Trinajstić information content (AvgIpc) is 3.15. The molecule has 0 radical (unpaired) electrons. The second kappa shape index (κ2) is 5.18. The van der Waals surface area contributed by atoms with Gasteiger partial charge in [-0.3, -0.25) is 15.2 Å². The molecule has 1 aromatic heterocycles. The number of hydrogen-bond donors (Lipinski definition) is 1. The van der Waals surface area contributed by atoms with E-state index in [0.717, 1.165) is 29.8 Å². The average molecular weight is 327 g/mol. The van der Waals surface area contributed by atoms with Gasteiger partial charge in [0, 0.05) is 12.4 Å². The van der Waals surface area contributed by atoms with E-state index >= 15 is 0 Å². The van der Waals surface area contributed by atoms with Crippen LogP contribution in [0.3, 0.4) is 0 Å². The highest BCUT2D eigenvalue weighted by Crippen LogP contribution is 2.49. The second-order valence-electron chi connectivity index (χ2n) is 6.71. The molecule has 0 unspecified atom stereocenters. The number of hydrogen-bond acceptors (Lipinski definition) is 3. The molecule has 2 aromatic carbocycles. The summed E-state index contributed by atoms with van der Waals surface area (Å²) in [7, 11) is 0. The highest BCUT2D eigenvalue weighted by molar-refractivity contribution is 6.10. The first-order valence-electron chi connectivity index (χ1n) is 8.45. The Kier molecular flexibility index (Phi) is 2.95. The van der Waals surface area contributed by atoms with Crippen molar-refractivity contribution in [3.8, 4) is 0 Å². The normalized spacial score (nSPS) is 16.8. The fraction of sp³-hybridized carbons (Fsp3) is 0.143. The molecule has 0 saturated heterocycles. The summed E-state index contributed by atoms with van der Waals surface area (Å²) in [4.78, 5) is 17.5. The molecule has 4 heteroatoms. The Balaban J connectivity index is 1.60. The maximum atomic E-state index is 13.5. The number of para-hydroxylation sites is 1. The predicted molar refractivity (Wildman–Crippen MR) is 97.3 cm³/mol. The highest BCUT2D eigenvalue weighted by Gasteiger charge is 2.54. The lowest BCUT2D eigenvalue weighted by Crippen LogP contribution is -2.43. The molecule has 0 fully saturated rings. The molecule has 25 heavy (non-hydrogen) atoms. The molecule has 0 atom stereocenters. The minimum atomic E-state index is -0.500. The Morgan fingerprint density at radius 1 is 0.880 bits per heavy atom. The number of benzene rings is 2. The molecule has 1 aliphatic heterocycles. The summed E-state index contributed by atoms with van der Waals surface area (Å²) in [6, 6.07) is 20.2. The van der Waals surface area contributed by atoms with Crippen molar-refractivity contribution < 1.29 is 4.79 Å². The van der Waals surface area contributed by atoms with Crippen LogP contribution < -0.4 is 10.4 Å². The van der Waals surface area contributed by atoms with E-state index < -0.39 is 5.41 Å². The van der Waals surface area contributed by atoms with Crippen molar-refractivity contribution in [2.24, 2.45) is 0 Å². The maximum absolute atomic E-state index is 13.5. The van der Waals surface area contributed by atoms with Crippen LogP contribution in [0.5, 0.6) is 0 Å². The number of hydrazine groups is 1. The maximum Gasteiger partial charge on any atom is 0.257 e. The summed E-state index contributed by atoms with van der Waals surface area (Å²) in [5, 5.41) is 1.70. The van der Waals surface area contributed by atoms with Crippen molar-refractivity contribution in [3.63, 3.8) is 0 Å². The van der Waals surface area contributed by atoms with Crippen LogP contribution in [-0.4, -0.2) is 10.9 Å². The van der Waals surface area contributed by atoms with Crippen LogP contribution >= 0.6 is 0 Å². The van der Waals surface area contributed by atoms with Gasteiger partial charge < -0.3 is 0 Å². The summed E-state index contributed by atoms with van der Waals surface area (Å²) in [5.74, 6) is 0.113. The monoisotopic (exact) mass is 327 g/mol. The lowest BCUT2D eigenvalue weighted by atomic mass is 9.79. The number of aromatic nitrogens is 1. The molecule has 2 aliphatic rings. The largest absolute Gasteiger partial charge is 0.291 e. The van der Waals surface area contributed by atoms with E-state index in [1.807, 2.05) is 30.3 Å². The van der Waals surface area contributed by atoms with Crippen LogP contribution in [-0.2, 0) is 23.1 Å². The summed E-state index contributed by atoms with van der Waals surface area (Å²) < 4.78 is 0. The first-order chi connectivity index (χ1) is 12.3. The Morgan fingerprint density at radius 3 is 2.24 bits per heavy atom. The fourth-order valence-corrected chi connectivity index (χ4v) is 4.14. The van der Waals surface area contributed by atoms with E-state index in [4.69, 9.17) is 0 Å². The number of anilines is 2. The van der Waals surface area contributed by atoms with E-state index in [1.165, 1.54) is 11.1 Å². The van der Waals surface area contributed by atoms with Crippen molar-refractivity contribution in [1.82, 2.24) is 4.98 Å².